The van der Waals surface area contributed by atoms with Crippen molar-refractivity contribution in [2.24, 2.45) is 5.73 Å². The van der Waals surface area contributed by atoms with E-state index in [0.29, 0.717) is 6.04 Å². The molecule has 16 heavy (non-hydrogen) atoms. The zero-order valence-electron chi connectivity index (χ0n) is 10.5. The number of amides is 1. The van der Waals surface area contributed by atoms with Crippen LogP contribution in [-0.4, -0.2) is 43.0 Å². The van der Waals surface area contributed by atoms with E-state index in [2.05, 4.69) is 17.3 Å². The number of nitrogens with zero attached hydrogens (tertiary/aromatic N) is 1. The number of rotatable bonds is 5. The van der Waals surface area contributed by atoms with Gasteiger partial charge in [-0.15, -0.1) is 0 Å². The van der Waals surface area contributed by atoms with Crippen LogP contribution in [0.4, 0.5) is 0 Å². The molecule has 4 nitrogen and oxygen atoms in total. The van der Waals surface area contributed by atoms with Crippen LogP contribution in [0.25, 0.3) is 0 Å². The Kier molecular flexibility index (Phi) is 5.77. The summed E-state index contributed by atoms with van der Waals surface area (Å²) in [6.45, 7) is 3.93. The van der Waals surface area contributed by atoms with Crippen molar-refractivity contribution in [3.05, 3.63) is 0 Å². The Morgan fingerprint density at radius 1 is 1.56 bits per heavy atom. The number of likely N-dealkylation sites (N-methyl/N-ethyl adjacent to an activating group) is 1. The third kappa shape index (κ3) is 4.10. The van der Waals surface area contributed by atoms with Crippen molar-refractivity contribution in [1.29, 1.82) is 0 Å². The van der Waals surface area contributed by atoms with Crippen molar-refractivity contribution in [2.45, 2.75) is 51.1 Å². The maximum atomic E-state index is 11.6. The molecule has 2 atom stereocenters. The zero-order chi connectivity index (χ0) is 12.0. The van der Waals surface area contributed by atoms with E-state index in [0.717, 1.165) is 25.9 Å². The molecule has 0 aromatic rings. The topological polar surface area (TPSA) is 58.4 Å². The number of carbonyl (C=O) groups excluding carboxylic acids is 1. The fourth-order valence-electron chi connectivity index (χ4n) is 2.19. The quantitative estimate of drug-likeness (QED) is 0.727. The van der Waals surface area contributed by atoms with Crippen LogP contribution in [0.3, 0.4) is 0 Å². The number of likely N-dealkylation sites (tertiary alicyclic amines) is 1. The SMILES string of the molecule is CCC[C@@H](N)C(=O)NCC1CCCCN1C. The summed E-state index contributed by atoms with van der Waals surface area (Å²) in [5, 5.41) is 2.96. The molecule has 3 N–H and O–H groups in total. The van der Waals surface area contributed by atoms with Crippen molar-refractivity contribution in [2.75, 3.05) is 20.1 Å². The molecule has 0 saturated carbocycles. The molecule has 1 saturated heterocycles. The van der Waals surface area contributed by atoms with Gasteiger partial charge in [0.25, 0.3) is 0 Å². The van der Waals surface area contributed by atoms with Crippen molar-refractivity contribution < 1.29 is 4.79 Å². The lowest BCUT2D eigenvalue weighted by Gasteiger charge is -2.32. The molecule has 1 amide bonds. The average molecular weight is 227 g/mol. The lowest BCUT2D eigenvalue weighted by molar-refractivity contribution is -0.122. The van der Waals surface area contributed by atoms with Gasteiger partial charge in [0.1, 0.15) is 0 Å². The van der Waals surface area contributed by atoms with Gasteiger partial charge in [0, 0.05) is 12.6 Å². The van der Waals surface area contributed by atoms with E-state index in [9.17, 15) is 4.79 Å². The maximum Gasteiger partial charge on any atom is 0.236 e. The molecule has 1 aliphatic heterocycles. The van der Waals surface area contributed by atoms with Gasteiger partial charge in [0.05, 0.1) is 6.04 Å². The molecule has 0 aromatic heterocycles. The highest BCUT2D eigenvalue weighted by molar-refractivity contribution is 5.81. The first kappa shape index (κ1) is 13.5. The highest BCUT2D eigenvalue weighted by Gasteiger charge is 2.20. The Balaban J connectivity index is 2.24. The first-order valence-electron chi connectivity index (χ1n) is 6.38. The van der Waals surface area contributed by atoms with E-state index in [1.807, 2.05) is 6.92 Å². The molecule has 4 heteroatoms. The van der Waals surface area contributed by atoms with Crippen molar-refractivity contribution in [1.82, 2.24) is 10.2 Å². The lowest BCUT2D eigenvalue weighted by atomic mass is 10.0. The number of piperidine rings is 1. The molecule has 1 aliphatic rings. The van der Waals surface area contributed by atoms with Crippen LogP contribution in [0.5, 0.6) is 0 Å². The van der Waals surface area contributed by atoms with Crippen LogP contribution in [0.2, 0.25) is 0 Å². The fraction of sp³-hybridized carbons (Fsp3) is 0.917. The van der Waals surface area contributed by atoms with Gasteiger partial charge < -0.3 is 16.0 Å². The Labute approximate surface area is 98.6 Å². The van der Waals surface area contributed by atoms with Gasteiger partial charge in [-0.25, -0.2) is 0 Å². The summed E-state index contributed by atoms with van der Waals surface area (Å²) in [5.74, 6) is 0.000762. The summed E-state index contributed by atoms with van der Waals surface area (Å²) in [5.41, 5.74) is 5.75. The van der Waals surface area contributed by atoms with E-state index in [1.54, 1.807) is 0 Å². The van der Waals surface area contributed by atoms with Crippen molar-refractivity contribution in [3.8, 4) is 0 Å². The van der Waals surface area contributed by atoms with E-state index in [4.69, 9.17) is 5.73 Å². The van der Waals surface area contributed by atoms with E-state index in [1.165, 1.54) is 19.3 Å². The van der Waals surface area contributed by atoms with E-state index >= 15 is 0 Å². The second-order valence-corrected chi connectivity index (χ2v) is 4.77. The molecule has 1 rings (SSSR count). The number of nitrogens with one attached hydrogen (secondary N) is 1. The summed E-state index contributed by atoms with van der Waals surface area (Å²) >= 11 is 0. The van der Waals surface area contributed by atoms with Gasteiger partial charge in [-0.1, -0.05) is 19.8 Å². The summed E-state index contributed by atoms with van der Waals surface area (Å²) in [6, 6.07) is 0.158. The summed E-state index contributed by atoms with van der Waals surface area (Å²) in [6.07, 6.45) is 5.45. The molecule has 0 bridgehead atoms. The van der Waals surface area contributed by atoms with Crippen LogP contribution < -0.4 is 11.1 Å². The minimum absolute atomic E-state index is 0.000762. The highest BCUT2D eigenvalue weighted by atomic mass is 16.2. The van der Waals surface area contributed by atoms with E-state index < -0.39 is 0 Å². The third-order valence-electron chi connectivity index (χ3n) is 3.37. The summed E-state index contributed by atoms with van der Waals surface area (Å²) in [7, 11) is 2.13. The minimum atomic E-state index is -0.334. The molecule has 0 spiro atoms. The number of carbonyl (C=O) groups is 1. The first-order chi connectivity index (χ1) is 7.65. The van der Waals surface area contributed by atoms with Crippen LogP contribution in [0, 0.1) is 0 Å². The van der Waals surface area contributed by atoms with Crippen LogP contribution in [0.15, 0.2) is 0 Å². The zero-order valence-corrected chi connectivity index (χ0v) is 10.5. The molecule has 1 unspecified atom stereocenters. The van der Waals surface area contributed by atoms with Gasteiger partial charge in [-0.05, 0) is 32.9 Å². The normalized spacial score (nSPS) is 24.1. The smallest absolute Gasteiger partial charge is 0.236 e. The Bertz CT molecular complexity index is 220. The Morgan fingerprint density at radius 2 is 2.31 bits per heavy atom. The Hall–Kier alpha value is -0.610. The number of hydrogen-bond acceptors (Lipinski definition) is 3. The molecule has 94 valence electrons. The largest absolute Gasteiger partial charge is 0.353 e. The predicted molar refractivity (Wildman–Crippen MR) is 66.2 cm³/mol. The predicted octanol–water partition coefficient (Wildman–Crippen LogP) is 0.714. The van der Waals surface area contributed by atoms with Crippen molar-refractivity contribution >= 4 is 5.91 Å². The molecular formula is C12H25N3O. The first-order valence-corrected chi connectivity index (χ1v) is 6.38. The number of hydrogen-bond donors (Lipinski definition) is 2. The molecule has 1 heterocycles. The summed E-state index contributed by atoms with van der Waals surface area (Å²) in [4.78, 5) is 14.0. The van der Waals surface area contributed by atoms with Gasteiger partial charge in [0.15, 0.2) is 0 Å². The minimum Gasteiger partial charge on any atom is -0.353 e. The standard InChI is InChI=1S/C12H25N3O/c1-3-6-11(13)12(16)14-9-10-7-4-5-8-15(10)2/h10-11H,3-9,13H2,1-2H3,(H,14,16)/t10?,11-/m1/s1. The van der Waals surface area contributed by atoms with Gasteiger partial charge in [0.2, 0.25) is 5.91 Å². The molecule has 0 radical (unpaired) electrons. The molecular weight excluding hydrogens is 202 g/mol. The van der Waals surface area contributed by atoms with Crippen molar-refractivity contribution in [3.63, 3.8) is 0 Å². The third-order valence-corrected chi connectivity index (χ3v) is 3.37. The summed E-state index contributed by atoms with van der Waals surface area (Å²) < 4.78 is 0. The van der Waals surface area contributed by atoms with E-state index in [-0.39, 0.29) is 11.9 Å². The average Bonchev–Trinajstić information content (AvgIpc) is 2.28. The fourth-order valence-corrected chi connectivity index (χ4v) is 2.19. The highest BCUT2D eigenvalue weighted by Crippen LogP contribution is 2.13. The van der Waals surface area contributed by atoms with Crippen LogP contribution >= 0.6 is 0 Å². The monoisotopic (exact) mass is 227 g/mol. The second kappa shape index (κ2) is 6.86. The van der Waals surface area contributed by atoms with Crippen LogP contribution in [0.1, 0.15) is 39.0 Å². The van der Waals surface area contributed by atoms with Crippen LogP contribution in [-0.2, 0) is 4.79 Å². The lowest BCUT2D eigenvalue weighted by Crippen LogP contribution is -2.48. The molecule has 1 fully saturated rings. The van der Waals surface area contributed by atoms with Gasteiger partial charge in [-0.3, -0.25) is 4.79 Å². The molecule has 0 aliphatic carbocycles. The van der Waals surface area contributed by atoms with Gasteiger partial charge in [-0.2, -0.15) is 0 Å². The maximum absolute atomic E-state index is 11.6. The molecule has 0 aromatic carbocycles. The number of nitrogens with two attached hydrogens (primary N) is 1. The second-order valence-electron chi connectivity index (χ2n) is 4.77. The Morgan fingerprint density at radius 3 is 2.94 bits per heavy atom. The van der Waals surface area contributed by atoms with Gasteiger partial charge >= 0.3 is 0 Å².